The average molecular weight is 532 g/mol. The lowest BCUT2D eigenvalue weighted by molar-refractivity contribution is -0.237. The van der Waals surface area contributed by atoms with E-state index >= 15 is 0 Å². The van der Waals surface area contributed by atoms with E-state index in [-0.39, 0.29) is 58.6 Å². The van der Waals surface area contributed by atoms with Crippen LogP contribution in [0.4, 0.5) is 0 Å². The Morgan fingerprint density at radius 3 is 2.26 bits per heavy atom. The summed E-state index contributed by atoms with van der Waals surface area (Å²) in [4.78, 5) is 24.4. The molecule has 8 heteroatoms. The van der Waals surface area contributed by atoms with Crippen LogP contribution in [0.1, 0.15) is 72.1 Å². The van der Waals surface area contributed by atoms with Crippen molar-refractivity contribution >= 4 is 35.1 Å². The fraction of sp³-hybridized carbons (Fsp3) is 0.926. The lowest BCUT2D eigenvalue weighted by Gasteiger charge is -2.63. The molecule has 0 amide bonds. The van der Waals surface area contributed by atoms with E-state index in [1.165, 1.54) is 0 Å². The minimum absolute atomic E-state index is 0.0200. The molecule has 0 bridgehead atoms. The highest BCUT2D eigenvalue weighted by Crippen LogP contribution is 2.69. The Bertz CT molecular complexity index is 830. The summed E-state index contributed by atoms with van der Waals surface area (Å²) in [5, 5.41) is 0. The first-order chi connectivity index (χ1) is 16.6. The molecule has 0 aromatic carbocycles. The monoisotopic (exact) mass is 530 g/mol. The van der Waals surface area contributed by atoms with Crippen molar-refractivity contribution in [3.63, 3.8) is 0 Å². The number of hydrogen-bond donors (Lipinski definition) is 0. The molecule has 5 fully saturated rings. The predicted octanol–water partition coefficient (Wildman–Crippen LogP) is 5.32. The van der Waals surface area contributed by atoms with Crippen molar-refractivity contribution in [2.75, 3.05) is 25.0 Å². The van der Waals surface area contributed by atoms with Gasteiger partial charge in [0.05, 0.1) is 13.2 Å². The highest BCUT2D eigenvalue weighted by molar-refractivity contribution is 6.26. The zero-order valence-corrected chi connectivity index (χ0v) is 22.7. The molecule has 4 aliphatic carbocycles. The number of alkyl halides is 2. The fourth-order valence-corrected chi connectivity index (χ4v) is 9.66. The van der Waals surface area contributed by atoms with Gasteiger partial charge in [-0.2, -0.15) is 0 Å². The molecule has 0 radical (unpaired) electrons. The van der Waals surface area contributed by atoms with Gasteiger partial charge in [0.2, 0.25) is 0 Å². The van der Waals surface area contributed by atoms with E-state index in [4.69, 9.17) is 42.1 Å². The number of halogens is 2. The number of ether oxygens (including phenoxy) is 4. The Labute approximate surface area is 219 Å². The van der Waals surface area contributed by atoms with Gasteiger partial charge in [0, 0.05) is 11.8 Å². The molecule has 1 saturated heterocycles. The van der Waals surface area contributed by atoms with Crippen molar-refractivity contribution < 1.29 is 28.5 Å². The van der Waals surface area contributed by atoms with Crippen LogP contribution >= 0.6 is 23.2 Å². The van der Waals surface area contributed by atoms with Crippen LogP contribution in [0, 0.1) is 40.4 Å². The topological polar surface area (TPSA) is 71.1 Å². The summed E-state index contributed by atoms with van der Waals surface area (Å²) in [5.74, 6) is 0.570. The van der Waals surface area contributed by atoms with Crippen molar-refractivity contribution in [1.29, 1.82) is 0 Å². The van der Waals surface area contributed by atoms with E-state index < -0.39 is 5.79 Å². The molecule has 35 heavy (non-hydrogen) atoms. The Kier molecular flexibility index (Phi) is 7.17. The maximum atomic E-state index is 12.5. The minimum atomic E-state index is -0.567. The molecule has 0 N–H and O–H groups in total. The SMILES string of the molecule is CC1([C@H]2CC[C@H]3[C@@H]4CC[C@H]5C[C@H](OC(=O)CCl)CC[C@]5(C)[C@H]4[C@@H](OC(=O)CCl)C[C@]23C)OCCO1. The van der Waals surface area contributed by atoms with Gasteiger partial charge in [-0.1, -0.05) is 13.8 Å². The molecule has 1 aliphatic heterocycles. The lowest BCUT2D eigenvalue weighted by atomic mass is 9.43. The Balaban J connectivity index is 1.44. The molecule has 5 rings (SSSR count). The first-order valence-corrected chi connectivity index (χ1v) is 14.5. The summed E-state index contributed by atoms with van der Waals surface area (Å²) in [7, 11) is 0. The molecule has 198 valence electrons. The Morgan fingerprint density at radius 1 is 0.886 bits per heavy atom. The molecular weight excluding hydrogens is 491 g/mol. The summed E-state index contributed by atoms with van der Waals surface area (Å²) < 4.78 is 24.2. The standard InChI is InChI=1S/C27H40Cl2O6/c1-25-9-8-17(34-22(30)14-28)12-16(25)4-5-18-19-6-7-21(27(3)32-10-11-33-27)26(19,2)13-20(24(18)25)35-23(31)15-29/h16-21,24H,4-15H2,1-3H3/t16-,17+,18-,19-,20-,21-,24+,25-,26-/m0/s1. The number of fused-ring (bicyclic) bond motifs is 5. The van der Waals surface area contributed by atoms with Crippen molar-refractivity contribution in [3.05, 3.63) is 0 Å². The third kappa shape index (κ3) is 4.32. The first-order valence-electron chi connectivity index (χ1n) is 13.4. The van der Waals surface area contributed by atoms with Gasteiger partial charge in [-0.15, -0.1) is 23.2 Å². The van der Waals surface area contributed by atoms with Crippen LogP contribution in [-0.2, 0) is 28.5 Å². The van der Waals surface area contributed by atoms with Gasteiger partial charge >= 0.3 is 11.9 Å². The molecule has 6 nitrogen and oxygen atoms in total. The first kappa shape index (κ1) is 26.1. The van der Waals surface area contributed by atoms with Crippen LogP contribution in [0.25, 0.3) is 0 Å². The Hall–Kier alpha value is -0.560. The summed E-state index contributed by atoms with van der Waals surface area (Å²) in [6.45, 7) is 8.17. The summed E-state index contributed by atoms with van der Waals surface area (Å²) in [6.07, 6.45) is 7.71. The summed E-state index contributed by atoms with van der Waals surface area (Å²) in [5.41, 5.74) is 0.0154. The molecule has 9 atom stereocenters. The van der Waals surface area contributed by atoms with E-state index in [2.05, 4.69) is 20.8 Å². The molecule has 0 aromatic heterocycles. The number of carbonyl (C=O) groups excluding carboxylic acids is 2. The zero-order chi connectivity index (χ0) is 25.0. The van der Waals surface area contributed by atoms with Crippen molar-refractivity contribution in [2.24, 2.45) is 40.4 Å². The average Bonchev–Trinajstić information content (AvgIpc) is 3.42. The second kappa shape index (κ2) is 9.63. The van der Waals surface area contributed by atoms with Gasteiger partial charge in [-0.25, -0.2) is 0 Å². The van der Waals surface area contributed by atoms with E-state index in [1.54, 1.807) is 0 Å². The molecule has 1 heterocycles. The highest BCUT2D eigenvalue weighted by atomic mass is 35.5. The van der Waals surface area contributed by atoms with E-state index in [9.17, 15) is 9.59 Å². The van der Waals surface area contributed by atoms with Gasteiger partial charge in [0.1, 0.15) is 24.0 Å². The largest absolute Gasteiger partial charge is 0.461 e. The quantitative estimate of drug-likeness (QED) is 0.353. The van der Waals surface area contributed by atoms with Crippen LogP contribution in [0.2, 0.25) is 0 Å². The molecular formula is C27H40Cl2O6. The van der Waals surface area contributed by atoms with Crippen LogP contribution in [0.5, 0.6) is 0 Å². The minimum Gasteiger partial charge on any atom is -0.461 e. The number of hydrogen-bond acceptors (Lipinski definition) is 6. The van der Waals surface area contributed by atoms with Crippen molar-refractivity contribution in [3.8, 4) is 0 Å². The third-order valence-electron chi connectivity index (χ3n) is 10.8. The summed E-state index contributed by atoms with van der Waals surface area (Å²) >= 11 is 11.6. The van der Waals surface area contributed by atoms with E-state index in [0.29, 0.717) is 31.0 Å². The number of rotatable bonds is 5. The van der Waals surface area contributed by atoms with Gasteiger partial charge < -0.3 is 18.9 Å². The zero-order valence-electron chi connectivity index (χ0n) is 21.2. The van der Waals surface area contributed by atoms with Crippen molar-refractivity contribution in [1.82, 2.24) is 0 Å². The molecule has 4 saturated carbocycles. The van der Waals surface area contributed by atoms with Crippen LogP contribution in [-0.4, -0.2) is 54.9 Å². The highest BCUT2D eigenvalue weighted by Gasteiger charge is 2.67. The number of carbonyl (C=O) groups is 2. The van der Waals surface area contributed by atoms with Crippen LogP contribution in [0.15, 0.2) is 0 Å². The Morgan fingerprint density at radius 2 is 1.57 bits per heavy atom. The molecule has 0 unspecified atom stereocenters. The molecule has 5 aliphatic rings. The van der Waals surface area contributed by atoms with Gasteiger partial charge in [0.15, 0.2) is 5.79 Å². The lowest BCUT2D eigenvalue weighted by Crippen LogP contribution is -2.61. The second-order valence-electron chi connectivity index (χ2n) is 12.3. The maximum absolute atomic E-state index is 12.5. The maximum Gasteiger partial charge on any atom is 0.321 e. The smallest absolute Gasteiger partial charge is 0.321 e. The van der Waals surface area contributed by atoms with Gasteiger partial charge in [-0.3, -0.25) is 9.59 Å². The summed E-state index contributed by atoms with van der Waals surface area (Å²) in [6, 6.07) is 0. The van der Waals surface area contributed by atoms with E-state index in [0.717, 1.165) is 51.4 Å². The second-order valence-corrected chi connectivity index (χ2v) is 12.8. The van der Waals surface area contributed by atoms with E-state index in [1.807, 2.05) is 0 Å². The third-order valence-corrected chi connectivity index (χ3v) is 11.3. The van der Waals surface area contributed by atoms with Gasteiger partial charge in [0.25, 0.3) is 0 Å². The predicted molar refractivity (Wildman–Crippen MR) is 132 cm³/mol. The van der Waals surface area contributed by atoms with Crippen molar-refractivity contribution in [2.45, 2.75) is 90.1 Å². The fourth-order valence-electron chi connectivity index (χ4n) is 9.53. The van der Waals surface area contributed by atoms with Crippen LogP contribution < -0.4 is 0 Å². The molecule has 0 aromatic rings. The normalized spacial score (nSPS) is 46.3. The number of esters is 2. The molecule has 0 spiro atoms. The van der Waals surface area contributed by atoms with Crippen LogP contribution in [0.3, 0.4) is 0 Å². The van der Waals surface area contributed by atoms with Gasteiger partial charge in [-0.05, 0) is 86.9 Å².